The summed E-state index contributed by atoms with van der Waals surface area (Å²) in [4.78, 5) is 24.6. The summed E-state index contributed by atoms with van der Waals surface area (Å²) in [5.41, 5.74) is 0.265. The standard InChI is InChI=1S/C22H19F3N2O2/c1-14(21(29)27-18-11-9-17(10-12-18)22(23,24)25)26-20(28)13-16-7-4-6-15-5-2-3-8-19(15)16/h2-12,14H,13H2,1H3,(H,26,28)(H,27,29). The number of amides is 2. The van der Waals surface area contributed by atoms with Crippen LogP contribution in [0, 0.1) is 0 Å². The number of halogens is 3. The van der Waals surface area contributed by atoms with E-state index in [4.69, 9.17) is 0 Å². The molecule has 3 rings (SSSR count). The monoisotopic (exact) mass is 400 g/mol. The Morgan fingerprint density at radius 3 is 2.28 bits per heavy atom. The van der Waals surface area contributed by atoms with Gasteiger partial charge >= 0.3 is 6.18 Å². The number of fused-ring (bicyclic) bond motifs is 1. The van der Waals surface area contributed by atoms with Crippen LogP contribution in [0.2, 0.25) is 0 Å². The molecule has 3 aromatic rings. The summed E-state index contributed by atoms with van der Waals surface area (Å²) in [6.07, 6.45) is -4.33. The maximum Gasteiger partial charge on any atom is 0.416 e. The fourth-order valence-corrected chi connectivity index (χ4v) is 2.97. The Kier molecular flexibility index (Phi) is 5.87. The quantitative estimate of drug-likeness (QED) is 0.660. The smallest absolute Gasteiger partial charge is 0.344 e. The Labute approximate surface area is 165 Å². The molecule has 0 aromatic heterocycles. The summed E-state index contributed by atoms with van der Waals surface area (Å²) in [6, 6.07) is 16.6. The van der Waals surface area contributed by atoms with Crippen molar-refractivity contribution in [1.29, 1.82) is 0 Å². The molecule has 0 aliphatic carbocycles. The fourth-order valence-electron chi connectivity index (χ4n) is 2.97. The molecule has 1 atom stereocenters. The van der Waals surface area contributed by atoms with E-state index >= 15 is 0 Å². The summed E-state index contributed by atoms with van der Waals surface area (Å²) in [5, 5.41) is 7.10. The molecule has 1 unspecified atom stereocenters. The first-order chi connectivity index (χ1) is 13.7. The summed E-state index contributed by atoms with van der Waals surface area (Å²) in [5.74, 6) is -0.840. The van der Waals surface area contributed by atoms with Crippen LogP contribution in [0.15, 0.2) is 66.7 Å². The van der Waals surface area contributed by atoms with E-state index in [0.29, 0.717) is 0 Å². The van der Waals surface area contributed by atoms with Gasteiger partial charge in [-0.3, -0.25) is 9.59 Å². The maximum absolute atomic E-state index is 12.6. The van der Waals surface area contributed by atoms with Crippen LogP contribution in [0.25, 0.3) is 10.8 Å². The van der Waals surface area contributed by atoms with Gasteiger partial charge in [-0.05, 0) is 47.5 Å². The van der Waals surface area contributed by atoms with E-state index in [1.807, 2.05) is 42.5 Å². The van der Waals surface area contributed by atoms with Crippen LogP contribution in [-0.2, 0) is 22.2 Å². The number of carbonyl (C=O) groups excluding carboxylic acids is 2. The predicted molar refractivity (Wildman–Crippen MR) is 105 cm³/mol. The van der Waals surface area contributed by atoms with Crippen LogP contribution in [0.3, 0.4) is 0 Å². The van der Waals surface area contributed by atoms with E-state index in [1.165, 1.54) is 19.1 Å². The first kappa shape index (κ1) is 20.4. The lowest BCUT2D eigenvalue weighted by Crippen LogP contribution is -2.42. The number of nitrogens with one attached hydrogen (secondary N) is 2. The fraction of sp³-hybridized carbons (Fsp3) is 0.182. The minimum atomic E-state index is -4.44. The van der Waals surface area contributed by atoms with Gasteiger partial charge < -0.3 is 10.6 Å². The van der Waals surface area contributed by atoms with Crippen molar-refractivity contribution in [3.63, 3.8) is 0 Å². The first-order valence-corrected chi connectivity index (χ1v) is 8.98. The predicted octanol–water partition coefficient (Wildman–Crippen LogP) is 4.54. The molecule has 0 heterocycles. The normalized spacial score (nSPS) is 12.4. The molecule has 2 N–H and O–H groups in total. The minimum Gasteiger partial charge on any atom is -0.344 e. The highest BCUT2D eigenvalue weighted by atomic mass is 19.4. The van der Waals surface area contributed by atoms with Crippen LogP contribution >= 0.6 is 0 Å². The number of rotatable bonds is 5. The Morgan fingerprint density at radius 1 is 0.931 bits per heavy atom. The number of anilines is 1. The SMILES string of the molecule is CC(NC(=O)Cc1cccc2ccccc12)C(=O)Nc1ccc(C(F)(F)F)cc1. The van der Waals surface area contributed by atoms with Crippen LogP contribution in [0.5, 0.6) is 0 Å². The lowest BCUT2D eigenvalue weighted by Gasteiger charge is -2.15. The highest BCUT2D eigenvalue weighted by Gasteiger charge is 2.30. The molecule has 2 amide bonds. The molecule has 0 aliphatic rings. The van der Waals surface area contributed by atoms with Crippen molar-refractivity contribution in [3.05, 3.63) is 77.9 Å². The van der Waals surface area contributed by atoms with Crippen molar-refractivity contribution in [2.24, 2.45) is 0 Å². The third kappa shape index (κ3) is 5.13. The van der Waals surface area contributed by atoms with E-state index in [2.05, 4.69) is 10.6 Å². The van der Waals surface area contributed by atoms with Gasteiger partial charge in [-0.25, -0.2) is 0 Å². The molecule has 0 aliphatic heterocycles. The highest BCUT2D eigenvalue weighted by molar-refractivity contribution is 5.97. The van der Waals surface area contributed by atoms with Crippen molar-refractivity contribution in [2.75, 3.05) is 5.32 Å². The number of carbonyl (C=O) groups is 2. The van der Waals surface area contributed by atoms with Gasteiger partial charge in [0.25, 0.3) is 0 Å². The summed E-state index contributed by atoms with van der Waals surface area (Å²) in [6.45, 7) is 1.51. The van der Waals surface area contributed by atoms with E-state index in [1.54, 1.807) is 0 Å². The van der Waals surface area contributed by atoms with E-state index < -0.39 is 23.7 Å². The minimum absolute atomic E-state index is 0.110. The number of hydrogen-bond acceptors (Lipinski definition) is 2. The lowest BCUT2D eigenvalue weighted by atomic mass is 10.0. The molecule has 7 heteroatoms. The van der Waals surface area contributed by atoms with Gasteiger partial charge in [0, 0.05) is 5.69 Å². The van der Waals surface area contributed by atoms with Gasteiger partial charge in [0.05, 0.1) is 12.0 Å². The van der Waals surface area contributed by atoms with Crippen molar-refractivity contribution in [2.45, 2.75) is 25.6 Å². The van der Waals surface area contributed by atoms with Crippen LogP contribution in [0.4, 0.5) is 18.9 Å². The molecule has 0 bridgehead atoms. The average Bonchev–Trinajstić information content (AvgIpc) is 2.68. The molecule has 3 aromatic carbocycles. The third-order valence-electron chi connectivity index (χ3n) is 4.48. The van der Waals surface area contributed by atoms with E-state index in [-0.39, 0.29) is 18.0 Å². The second kappa shape index (κ2) is 8.34. The third-order valence-corrected chi connectivity index (χ3v) is 4.48. The first-order valence-electron chi connectivity index (χ1n) is 8.98. The number of alkyl halides is 3. The van der Waals surface area contributed by atoms with Crippen LogP contribution < -0.4 is 10.6 Å². The van der Waals surface area contributed by atoms with Gasteiger partial charge in [-0.1, -0.05) is 42.5 Å². The van der Waals surface area contributed by atoms with Crippen LogP contribution in [0.1, 0.15) is 18.1 Å². The second-order valence-electron chi connectivity index (χ2n) is 6.67. The second-order valence-corrected chi connectivity index (χ2v) is 6.67. The topological polar surface area (TPSA) is 58.2 Å². The average molecular weight is 400 g/mol. The Bertz CT molecular complexity index is 1020. The molecular weight excluding hydrogens is 381 g/mol. The van der Waals surface area contributed by atoms with Gasteiger partial charge in [-0.2, -0.15) is 13.2 Å². The summed E-state index contributed by atoms with van der Waals surface area (Å²) < 4.78 is 37.8. The van der Waals surface area contributed by atoms with E-state index in [9.17, 15) is 22.8 Å². The van der Waals surface area contributed by atoms with Crippen molar-refractivity contribution < 1.29 is 22.8 Å². The van der Waals surface area contributed by atoms with Gasteiger partial charge in [0.1, 0.15) is 6.04 Å². The molecule has 0 radical (unpaired) electrons. The van der Waals surface area contributed by atoms with Crippen LogP contribution in [-0.4, -0.2) is 17.9 Å². The molecule has 29 heavy (non-hydrogen) atoms. The van der Waals surface area contributed by atoms with Gasteiger partial charge in [-0.15, -0.1) is 0 Å². The Morgan fingerprint density at radius 2 is 1.59 bits per heavy atom. The Balaban J connectivity index is 1.59. The maximum atomic E-state index is 12.6. The Hall–Kier alpha value is -3.35. The highest BCUT2D eigenvalue weighted by Crippen LogP contribution is 2.29. The molecular formula is C22H19F3N2O2. The zero-order valence-electron chi connectivity index (χ0n) is 15.6. The molecule has 0 spiro atoms. The molecule has 0 saturated carbocycles. The van der Waals surface area contributed by atoms with Gasteiger partial charge in [0.15, 0.2) is 0 Å². The lowest BCUT2D eigenvalue weighted by molar-refractivity contribution is -0.137. The number of benzene rings is 3. The zero-order chi connectivity index (χ0) is 21.0. The molecule has 4 nitrogen and oxygen atoms in total. The molecule has 0 fully saturated rings. The molecule has 0 saturated heterocycles. The molecule has 150 valence electrons. The van der Waals surface area contributed by atoms with E-state index in [0.717, 1.165) is 28.5 Å². The van der Waals surface area contributed by atoms with Crippen molar-refractivity contribution >= 4 is 28.3 Å². The van der Waals surface area contributed by atoms with Gasteiger partial charge in [0.2, 0.25) is 11.8 Å². The van der Waals surface area contributed by atoms with Crippen molar-refractivity contribution in [1.82, 2.24) is 5.32 Å². The summed E-state index contributed by atoms with van der Waals surface area (Å²) >= 11 is 0. The largest absolute Gasteiger partial charge is 0.416 e. The summed E-state index contributed by atoms with van der Waals surface area (Å²) in [7, 11) is 0. The van der Waals surface area contributed by atoms with Crippen molar-refractivity contribution in [3.8, 4) is 0 Å². The number of hydrogen-bond donors (Lipinski definition) is 2. The zero-order valence-corrected chi connectivity index (χ0v) is 15.6.